The number of benzene rings is 1. The number of carbonyl (C=O) groups is 1. The maximum absolute atomic E-state index is 12.5. The van der Waals surface area contributed by atoms with Gasteiger partial charge in [-0.1, -0.05) is 23.7 Å². The van der Waals surface area contributed by atoms with E-state index in [-0.39, 0.29) is 29.0 Å². The van der Waals surface area contributed by atoms with Gasteiger partial charge in [-0.25, -0.2) is 9.78 Å². The molecule has 0 aliphatic rings. The van der Waals surface area contributed by atoms with Crippen LogP contribution in [0.15, 0.2) is 39.8 Å². The zero-order chi connectivity index (χ0) is 15.9. The molecule has 0 unspecified atom stereocenters. The van der Waals surface area contributed by atoms with Crippen LogP contribution in [-0.2, 0) is 6.54 Å². The quantitative estimate of drug-likeness (QED) is 0.802. The van der Waals surface area contributed by atoms with Gasteiger partial charge in [-0.2, -0.15) is 0 Å². The summed E-state index contributed by atoms with van der Waals surface area (Å²) in [5, 5.41) is 9.83. The minimum atomic E-state index is -1.21. The van der Waals surface area contributed by atoms with E-state index in [0.29, 0.717) is 5.02 Å². The summed E-state index contributed by atoms with van der Waals surface area (Å²) in [6.45, 7) is 1.76. The van der Waals surface area contributed by atoms with Crippen molar-refractivity contribution in [2.75, 3.05) is 0 Å². The first-order chi connectivity index (χ1) is 10.5. The molecular weight excluding hydrogens is 308 g/mol. The molecule has 0 saturated carbocycles. The Morgan fingerprint density at radius 3 is 2.68 bits per heavy atom. The van der Waals surface area contributed by atoms with Crippen LogP contribution in [0, 0.1) is 6.92 Å². The van der Waals surface area contributed by atoms with Crippen molar-refractivity contribution in [3.8, 4) is 0 Å². The van der Waals surface area contributed by atoms with Crippen LogP contribution >= 0.6 is 11.6 Å². The summed E-state index contributed by atoms with van der Waals surface area (Å²) in [5.74, 6) is -1.05. The van der Waals surface area contributed by atoms with Crippen LogP contribution in [0.4, 0.5) is 0 Å². The van der Waals surface area contributed by atoms with Gasteiger partial charge >= 0.3 is 5.97 Å². The van der Waals surface area contributed by atoms with E-state index in [1.165, 1.54) is 17.8 Å². The lowest BCUT2D eigenvalue weighted by Crippen LogP contribution is -2.22. The number of halogens is 1. The van der Waals surface area contributed by atoms with Crippen LogP contribution in [0.25, 0.3) is 11.1 Å². The average Bonchev–Trinajstić information content (AvgIpc) is 2.81. The van der Waals surface area contributed by atoms with E-state index in [2.05, 4.69) is 4.98 Å². The van der Waals surface area contributed by atoms with Gasteiger partial charge in [-0.05, 0) is 24.6 Å². The minimum Gasteiger partial charge on any atom is -0.478 e. The molecular formula is C15H11ClN2O4. The van der Waals surface area contributed by atoms with Gasteiger partial charge < -0.3 is 9.52 Å². The summed E-state index contributed by atoms with van der Waals surface area (Å²) in [6.07, 6.45) is 1.34. The third-order valence-electron chi connectivity index (χ3n) is 3.33. The fraction of sp³-hybridized carbons (Fsp3) is 0.133. The van der Waals surface area contributed by atoms with Crippen molar-refractivity contribution in [2.24, 2.45) is 0 Å². The Kier molecular flexibility index (Phi) is 3.46. The summed E-state index contributed by atoms with van der Waals surface area (Å²) in [6, 6.07) is 7.02. The molecule has 0 atom stereocenters. The number of hydrogen-bond acceptors (Lipinski definition) is 4. The number of aromatic carboxylic acids is 1. The van der Waals surface area contributed by atoms with Crippen LogP contribution in [-0.4, -0.2) is 20.6 Å². The molecule has 3 aromatic rings. The maximum atomic E-state index is 12.5. The molecule has 6 nitrogen and oxygen atoms in total. The summed E-state index contributed by atoms with van der Waals surface area (Å²) >= 11 is 5.82. The first-order valence-corrected chi connectivity index (χ1v) is 6.81. The van der Waals surface area contributed by atoms with E-state index in [4.69, 9.17) is 16.0 Å². The SMILES string of the molecule is Cc1oc2ncn(Cc3ccc(Cl)cc3)c(=O)c2c1C(=O)O. The maximum Gasteiger partial charge on any atom is 0.340 e. The lowest BCUT2D eigenvalue weighted by atomic mass is 10.2. The third-order valence-corrected chi connectivity index (χ3v) is 3.59. The molecule has 22 heavy (non-hydrogen) atoms. The van der Waals surface area contributed by atoms with Gasteiger partial charge in [0.15, 0.2) is 0 Å². The molecule has 0 aliphatic heterocycles. The molecule has 1 N–H and O–H groups in total. The molecule has 1 aromatic carbocycles. The Morgan fingerprint density at radius 1 is 1.36 bits per heavy atom. The summed E-state index contributed by atoms with van der Waals surface area (Å²) < 4.78 is 6.58. The van der Waals surface area contributed by atoms with Crippen molar-refractivity contribution < 1.29 is 14.3 Å². The molecule has 112 valence electrons. The Bertz CT molecular complexity index is 925. The molecule has 0 aliphatic carbocycles. The molecule has 2 heterocycles. The number of carboxylic acids is 1. The molecule has 0 spiro atoms. The Balaban J connectivity index is 2.13. The zero-order valence-electron chi connectivity index (χ0n) is 11.5. The lowest BCUT2D eigenvalue weighted by Gasteiger charge is -2.05. The van der Waals surface area contributed by atoms with Crippen molar-refractivity contribution in [2.45, 2.75) is 13.5 Å². The predicted octanol–water partition coefficient (Wildman–Crippen LogP) is 2.70. The number of carboxylic acid groups (broad SMARTS) is 1. The monoisotopic (exact) mass is 318 g/mol. The number of nitrogens with zero attached hydrogens (tertiary/aromatic N) is 2. The van der Waals surface area contributed by atoms with Crippen LogP contribution in [0.3, 0.4) is 0 Å². The number of furan rings is 1. The largest absolute Gasteiger partial charge is 0.478 e. The molecule has 0 bridgehead atoms. The number of hydrogen-bond donors (Lipinski definition) is 1. The van der Waals surface area contributed by atoms with Gasteiger partial charge in [0.2, 0.25) is 5.71 Å². The van der Waals surface area contributed by atoms with Gasteiger partial charge in [-0.15, -0.1) is 0 Å². The van der Waals surface area contributed by atoms with Crippen molar-refractivity contribution in [3.63, 3.8) is 0 Å². The minimum absolute atomic E-state index is 0.0125. The number of aromatic nitrogens is 2. The van der Waals surface area contributed by atoms with E-state index in [1.807, 2.05) is 0 Å². The van der Waals surface area contributed by atoms with Gasteiger partial charge in [-0.3, -0.25) is 9.36 Å². The van der Waals surface area contributed by atoms with Crippen LogP contribution in [0.5, 0.6) is 0 Å². The van der Waals surface area contributed by atoms with E-state index in [0.717, 1.165) is 5.56 Å². The lowest BCUT2D eigenvalue weighted by molar-refractivity contribution is 0.0697. The van der Waals surface area contributed by atoms with E-state index >= 15 is 0 Å². The third kappa shape index (κ3) is 2.37. The second-order valence-corrected chi connectivity index (χ2v) is 5.26. The highest BCUT2D eigenvalue weighted by Crippen LogP contribution is 2.20. The standard InChI is InChI=1S/C15H11ClN2O4/c1-8-11(15(20)21)12-13(22-8)17-7-18(14(12)19)6-9-2-4-10(16)5-3-9/h2-5,7H,6H2,1H3,(H,20,21). The van der Waals surface area contributed by atoms with Gasteiger partial charge in [0.05, 0.1) is 6.54 Å². The van der Waals surface area contributed by atoms with E-state index < -0.39 is 11.5 Å². The Hall–Kier alpha value is -2.60. The van der Waals surface area contributed by atoms with Crippen molar-refractivity contribution >= 4 is 28.7 Å². The van der Waals surface area contributed by atoms with Crippen LogP contribution in [0.2, 0.25) is 5.02 Å². The number of aryl methyl sites for hydroxylation is 1. The highest BCUT2D eigenvalue weighted by atomic mass is 35.5. The second-order valence-electron chi connectivity index (χ2n) is 4.82. The highest BCUT2D eigenvalue weighted by Gasteiger charge is 2.22. The molecule has 7 heteroatoms. The predicted molar refractivity (Wildman–Crippen MR) is 80.5 cm³/mol. The second kappa shape index (κ2) is 5.31. The average molecular weight is 319 g/mol. The first-order valence-electron chi connectivity index (χ1n) is 6.43. The molecule has 3 rings (SSSR count). The van der Waals surface area contributed by atoms with Crippen molar-refractivity contribution in [1.82, 2.24) is 9.55 Å². The normalized spacial score (nSPS) is 11.0. The number of rotatable bonds is 3. The molecule has 0 saturated heterocycles. The van der Waals surface area contributed by atoms with Gasteiger partial charge in [0, 0.05) is 5.02 Å². The fourth-order valence-electron chi connectivity index (χ4n) is 2.29. The van der Waals surface area contributed by atoms with Crippen LogP contribution < -0.4 is 5.56 Å². The van der Waals surface area contributed by atoms with Crippen molar-refractivity contribution in [1.29, 1.82) is 0 Å². The molecule has 0 radical (unpaired) electrons. The molecule has 2 aromatic heterocycles. The molecule has 0 fully saturated rings. The van der Waals surface area contributed by atoms with Crippen LogP contribution in [0.1, 0.15) is 21.7 Å². The van der Waals surface area contributed by atoms with Crippen molar-refractivity contribution in [3.05, 3.63) is 62.9 Å². The van der Waals surface area contributed by atoms with E-state index in [9.17, 15) is 14.7 Å². The number of fused-ring (bicyclic) bond motifs is 1. The summed E-state index contributed by atoms with van der Waals surface area (Å²) in [7, 11) is 0. The fourth-order valence-corrected chi connectivity index (χ4v) is 2.42. The Morgan fingerprint density at radius 2 is 2.05 bits per heavy atom. The summed E-state index contributed by atoms with van der Waals surface area (Å²) in [4.78, 5) is 27.8. The molecule has 0 amide bonds. The smallest absolute Gasteiger partial charge is 0.340 e. The Labute approximate surface area is 129 Å². The highest BCUT2D eigenvalue weighted by molar-refractivity contribution is 6.30. The first kappa shape index (κ1) is 14.3. The van der Waals surface area contributed by atoms with Gasteiger partial charge in [0.1, 0.15) is 23.0 Å². The summed E-state index contributed by atoms with van der Waals surface area (Å²) in [5.41, 5.74) is 0.296. The van der Waals surface area contributed by atoms with E-state index in [1.54, 1.807) is 24.3 Å². The van der Waals surface area contributed by atoms with Gasteiger partial charge in [0.25, 0.3) is 5.56 Å². The zero-order valence-corrected chi connectivity index (χ0v) is 12.3. The topological polar surface area (TPSA) is 85.3 Å².